The lowest BCUT2D eigenvalue weighted by Crippen LogP contribution is -1.84. The number of halogens is 1. The minimum Gasteiger partial charge on any atom is -0.243 e. The summed E-state index contributed by atoms with van der Waals surface area (Å²) in [7, 11) is 0. The molecule has 1 atom stereocenters. The van der Waals surface area contributed by atoms with Crippen LogP contribution in [0.15, 0.2) is 54.6 Å². The smallest absolute Gasteiger partial charge is 0.116 e. The third kappa shape index (κ3) is 3.07. The summed E-state index contributed by atoms with van der Waals surface area (Å²) in [5.74, 6) is 0. The first-order chi connectivity index (χ1) is 8.66. The maximum atomic E-state index is 12.7. The number of alkyl halides is 1. The molecule has 0 nitrogen and oxygen atoms in total. The van der Waals surface area contributed by atoms with Crippen LogP contribution in [0.5, 0.6) is 0 Å². The third-order valence-corrected chi connectivity index (χ3v) is 2.92. The quantitative estimate of drug-likeness (QED) is 0.705. The molecule has 0 N–H and O–H groups in total. The van der Waals surface area contributed by atoms with Crippen LogP contribution in [-0.4, -0.2) is 6.17 Å². The Bertz CT molecular complexity index is 536. The molecule has 0 aromatic heterocycles. The maximum Gasteiger partial charge on any atom is 0.116 e. The minimum absolute atomic E-state index is 0.902. The fraction of sp³-hybridized carbons (Fsp3) is 0.176. The Morgan fingerprint density at radius 3 is 2.28 bits per heavy atom. The van der Waals surface area contributed by atoms with E-state index in [9.17, 15) is 4.39 Å². The van der Waals surface area contributed by atoms with E-state index in [1.165, 1.54) is 23.6 Å². The fourth-order valence-electron chi connectivity index (χ4n) is 1.91. The summed E-state index contributed by atoms with van der Waals surface area (Å²) < 4.78 is 12.7. The first-order valence-electron chi connectivity index (χ1n) is 6.15. The van der Waals surface area contributed by atoms with Crippen molar-refractivity contribution in [2.75, 3.05) is 0 Å². The van der Waals surface area contributed by atoms with Gasteiger partial charge in [0, 0.05) is 0 Å². The normalized spacial score (nSPS) is 12.8. The van der Waals surface area contributed by atoms with Gasteiger partial charge < -0.3 is 0 Å². The van der Waals surface area contributed by atoms with E-state index in [4.69, 9.17) is 0 Å². The SMILES string of the molecule is Cc1ccccc1-c1ccc(/C=C\C(C)F)cc1. The lowest BCUT2D eigenvalue weighted by Gasteiger charge is -2.05. The summed E-state index contributed by atoms with van der Waals surface area (Å²) in [5.41, 5.74) is 4.72. The lowest BCUT2D eigenvalue weighted by molar-refractivity contribution is 0.432. The van der Waals surface area contributed by atoms with Crippen molar-refractivity contribution >= 4 is 6.08 Å². The van der Waals surface area contributed by atoms with Gasteiger partial charge in [0.05, 0.1) is 0 Å². The Labute approximate surface area is 108 Å². The Morgan fingerprint density at radius 1 is 1.00 bits per heavy atom. The van der Waals surface area contributed by atoms with Crippen LogP contribution in [0.25, 0.3) is 17.2 Å². The molecule has 0 saturated heterocycles. The van der Waals surface area contributed by atoms with Gasteiger partial charge in [0.25, 0.3) is 0 Å². The Morgan fingerprint density at radius 2 is 1.67 bits per heavy atom. The molecule has 0 spiro atoms. The number of hydrogen-bond donors (Lipinski definition) is 0. The summed E-state index contributed by atoms with van der Waals surface area (Å²) in [5, 5.41) is 0. The van der Waals surface area contributed by atoms with Gasteiger partial charge in [0.2, 0.25) is 0 Å². The second-order valence-electron chi connectivity index (χ2n) is 4.47. The summed E-state index contributed by atoms with van der Waals surface area (Å²) in [4.78, 5) is 0. The molecule has 2 rings (SSSR count). The fourth-order valence-corrected chi connectivity index (χ4v) is 1.91. The van der Waals surface area contributed by atoms with Crippen LogP contribution in [0.4, 0.5) is 4.39 Å². The summed E-state index contributed by atoms with van der Waals surface area (Å²) in [6.07, 6.45) is 2.47. The van der Waals surface area contributed by atoms with Gasteiger partial charge >= 0.3 is 0 Å². The van der Waals surface area contributed by atoms with Gasteiger partial charge in [-0.15, -0.1) is 0 Å². The average molecular weight is 240 g/mol. The van der Waals surface area contributed by atoms with Gasteiger partial charge in [-0.05, 0) is 36.1 Å². The average Bonchev–Trinajstić information content (AvgIpc) is 2.38. The molecule has 1 heteroatoms. The molecule has 0 aliphatic rings. The van der Waals surface area contributed by atoms with Crippen molar-refractivity contribution < 1.29 is 4.39 Å². The molecule has 0 saturated carbocycles. The first-order valence-corrected chi connectivity index (χ1v) is 6.15. The van der Waals surface area contributed by atoms with Crippen molar-refractivity contribution in [1.82, 2.24) is 0 Å². The van der Waals surface area contributed by atoms with Crippen LogP contribution in [0, 0.1) is 6.92 Å². The Kier molecular flexibility index (Phi) is 3.93. The highest BCUT2D eigenvalue weighted by atomic mass is 19.1. The molecule has 2 aromatic carbocycles. The first kappa shape index (κ1) is 12.6. The molecule has 0 fully saturated rings. The van der Waals surface area contributed by atoms with Crippen LogP contribution in [0.1, 0.15) is 18.1 Å². The van der Waals surface area contributed by atoms with E-state index in [0.717, 1.165) is 5.56 Å². The van der Waals surface area contributed by atoms with Crippen molar-refractivity contribution in [2.45, 2.75) is 20.0 Å². The van der Waals surface area contributed by atoms with Crippen molar-refractivity contribution in [3.8, 4) is 11.1 Å². The number of hydrogen-bond acceptors (Lipinski definition) is 0. The molecular formula is C17H17F. The molecule has 0 bridgehead atoms. The summed E-state index contributed by atoms with van der Waals surface area (Å²) >= 11 is 0. The molecule has 2 aromatic rings. The van der Waals surface area contributed by atoms with Gasteiger partial charge in [0.1, 0.15) is 6.17 Å². The molecule has 0 heterocycles. The van der Waals surface area contributed by atoms with Crippen LogP contribution in [0.3, 0.4) is 0 Å². The van der Waals surface area contributed by atoms with E-state index >= 15 is 0 Å². The number of allylic oxidation sites excluding steroid dienone is 1. The van der Waals surface area contributed by atoms with E-state index in [1.807, 2.05) is 30.3 Å². The predicted octanol–water partition coefficient (Wildman–Crippen LogP) is 5.03. The second kappa shape index (κ2) is 5.63. The van der Waals surface area contributed by atoms with Gasteiger partial charge in [0.15, 0.2) is 0 Å². The van der Waals surface area contributed by atoms with Crippen molar-refractivity contribution in [2.24, 2.45) is 0 Å². The number of aryl methyl sites for hydroxylation is 1. The van der Waals surface area contributed by atoms with E-state index in [0.29, 0.717) is 0 Å². The Balaban J connectivity index is 2.25. The van der Waals surface area contributed by atoms with Crippen LogP contribution >= 0.6 is 0 Å². The zero-order chi connectivity index (χ0) is 13.0. The van der Waals surface area contributed by atoms with Crippen LogP contribution in [-0.2, 0) is 0 Å². The molecule has 0 radical (unpaired) electrons. The molecule has 92 valence electrons. The Hall–Kier alpha value is -1.89. The second-order valence-corrected chi connectivity index (χ2v) is 4.47. The molecule has 18 heavy (non-hydrogen) atoms. The zero-order valence-corrected chi connectivity index (χ0v) is 10.7. The molecule has 1 unspecified atom stereocenters. The number of benzene rings is 2. The monoisotopic (exact) mass is 240 g/mol. The highest BCUT2D eigenvalue weighted by Crippen LogP contribution is 2.23. The molecule has 0 aliphatic heterocycles. The number of rotatable bonds is 3. The third-order valence-electron chi connectivity index (χ3n) is 2.92. The highest BCUT2D eigenvalue weighted by molar-refractivity contribution is 5.68. The van der Waals surface area contributed by atoms with Crippen molar-refractivity contribution in [1.29, 1.82) is 0 Å². The lowest BCUT2D eigenvalue weighted by atomic mass is 9.99. The topological polar surface area (TPSA) is 0 Å². The summed E-state index contributed by atoms with van der Waals surface area (Å²) in [6.45, 7) is 3.63. The van der Waals surface area contributed by atoms with E-state index < -0.39 is 6.17 Å². The van der Waals surface area contributed by atoms with Gasteiger partial charge in [-0.25, -0.2) is 4.39 Å². The van der Waals surface area contributed by atoms with E-state index in [-0.39, 0.29) is 0 Å². The molecule has 0 aliphatic carbocycles. The van der Waals surface area contributed by atoms with Crippen LogP contribution in [0.2, 0.25) is 0 Å². The zero-order valence-electron chi connectivity index (χ0n) is 10.7. The predicted molar refractivity (Wildman–Crippen MR) is 76.2 cm³/mol. The standard InChI is InChI=1S/C17H17F/c1-13-5-3-4-6-17(13)16-11-9-15(10-12-16)8-7-14(2)18/h3-12,14H,1-2H3/b8-7-. The largest absolute Gasteiger partial charge is 0.243 e. The molecule has 0 amide bonds. The van der Waals surface area contributed by atoms with Gasteiger partial charge in [-0.2, -0.15) is 0 Å². The van der Waals surface area contributed by atoms with E-state index in [1.54, 1.807) is 6.08 Å². The van der Waals surface area contributed by atoms with Crippen LogP contribution < -0.4 is 0 Å². The van der Waals surface area contributed by atoms with E-state index in [2.05, 4.69) is 31.2 Å². The summed E-state index contributed by atoms with van der Waals surface area (Å²) in [6, 6.07) is 16.5. The highest BCUT2D eigenvalue weighted by Gasteiger charge is 2.00. The van der Waals surface area contributed by atoms with Gasteiger partial charge in [-0.3, -0.25) is 0 Å². The maximum absolute atomic E-state index is 12.7. The molecular weight excluding hydrogens is 223 g/mol. The van der Waals surface area contributed by atoms with Crippen molar-refractivity contribution in [3.63, 3.8) is 0 Å². The van der Waals surface area contributed by atoms with Gasteiger partial charge in [-0.1, -0.05) is 60.7 Å². The van der Waals surface area contributed by atoms with Crippen molar-refractivity contribution in [3.05, 3.63) is 65.7 Å². The minimum atomic E-state index is -0.902.